The number of benzene rings is 2. The Morgan fingerprint density at radius 3 is 2.85 bits per heavy atom. The Kier molecular flexibility index (Phi) is 5.58. The van der Waals surface area contributed by atoms with Gasteiger partial charge in [0.15, 0.2) is 5.43 Å². The number of pyridine rings is 1. The molecule has 0 aliphatic carbocycles. The van der Waals surface area contributed by atoms with Gasteiger partial charge >= 0.3 is 0 Å². The maximum Gasteiger partial charge on any atom is 0.234 e. The molecule has 0 unspecified atom stereocenters. The minimum absolute atomic E-state index is 0.186. The van der Waals surface area contributed by atoms with Gasteiger partial charge in [0.25, 0.3) is 0 Å². The van der Waals surface area contributed by atoms with E-state index in [9.17, 15) is 14.0 Å². The maximum absolute atomic E-state index is 13.9. The number of ether oxygens (including phenoxy) is 1. The molecule has 0 saturated heterocycles. The molecule has 3 rings (SSSR count). The molecule has 0 bridgehead atoms. The largest absolute Gasteiger partial charge is 0.495 e. The van der Waals surface area contributed by atoms with E-state index < -0.39 is 5.82 Å². The smallest absolute Gasteiger partial charge is 0.234 e. The van der Waals surface area contributed by atoms with Crippen LogP contribution in [0.4, 0.5) is 10.1 Å². The number of halogens is 1. The Balaban J connectivity index is 1.63. The number of aromatic nitrogens is 1. The summed E-state index contributed by atoms with van der Waals surface area (Å²) < 4.78 is 19.0. The highest BCUT2D eigenvalue weighted by molar-refractivity contribution is 7.99. The number of anilines is 1. The summed E-state index contributed by atoms with van der Waals surface area (Å²) in [6.07, 6.45) is 0. The number of carbonyl (C=O) groups is 1. The third-order valence-electron chi connectivity index (χ3n) is 3.74. The first-order valence-electron chi connectivity index (χ1n) is 7.89. The molecule has 0 radical (unpaired) electrons. The van der Waals surface area contributed by atoms with Crippen LogP contribution in [0.15, 0.2) is 53.3 Å². The first-order valence-corrected chi connectivity index (χ1v) is 9.05. The van der Waals surface area contributed by atoms with Crippen molar-refractivity contribution in [2.24, 2.45) is 0 Å². The van der Waals surface area contributed by atoms with Crippen molar-refractivity contribution >= 4 is 34.3 Å². The molecular formula is C19H17FN2O3S. The van der Waals surface area contributed by atoms with Crippen LogP contribution in [0.25, 0.3) is 10.9 Å². The van der Waals surface area contributed by atoms with Crippen molar-refractivity contribution in [3.63, 3.8) is 0 Å². The van der Waals surface area contributed by atoms with Crippen molar-refractivity contribution in [3.05, 3.63) is 70.3 Å². The van der Waals surface area contributed by atoms with E-state index in [1.165, 1.54) is 37.1 Å². The molecule has 7 heteroatoms. The monoisotopic (exact) mass is 372 g/mol. The second-order valence-corrected chi connectivity index (χ2v) is 6.55. The number of methoxy groups -OCH3 is 1. The zero-order valence-corrected chi connectivity index (χ0v) is 14.9. The Hall–Kier alpha value is -2.80. The minimum Gasteiger partial charge on any atom is -0.495 e. The highest BCUT2D eigenvalue weighted by atomic mass is 32.2. The van der Waals surface area contributed by atoms with Gasteiger partial charge in [0.2, 0.25) is 5.91 Å². The van der Waals surface area contributed by atoms with Crippen molar-refractivity contribution in [1.29, 1.82) is 0 Å². The molecule has 0 saturated carbocycles. The average Bonchev–Trinajstić information content (AvgIpc) is 2.63. The predicted molar refractivity (Wildman–Crippen MR) is 102 cm³/mol. The summed E-state index contributed by atoms with van der Waals surface area (Å²) in [6.45, 7) is 0. The van der Waals surface area contributed by atoms with Crippen molar-refractivity contribution in [2.75, 3.05) is 18.2 Å². The summed E-state index contributed by atoms with van der Waals surface area (Å²) in [5.74, 6) is 0.503. The number of carbonyl (C=O) groups excluding carboxylic acids is 1. The van der Waals surface area contributed by atoms with Gasteiger partial charge in [-0.2, -0.15) is 0 Å². The molecule has 2 aromatic carbocycles. The number of H-pyrrole nitrogens is 1. The van der Waals surface area contributed by atoms with Crippen LogP contribution in [0, 0.1) is 5.82 Å². The average molecular weight is 372 g/mol. The molecule has 0 spiro atoms. The lowest BCUT2D eigenvalue weighted by atomic mass is 10.2. The van der Waals surface area contributed by atoms with Gasteiger partial charge in [-0.3, -0.25) is 9.59 Å². The van der Waals surface area contributed by atoms with Gasteiger partial charge in [-0.05, 0) is 24.3 Å². The quantitative estimate of drug-likeness (QED) is 0.694. The van der Waals surface area contributed by atoms with Crippen molar-refractivity contribution < 1.29 is 13.9 Å². The van der Waals surface area contributed by atoms with E-state index in [0.717, 1.165) is 0 Å². The fraction of sp³-hybridized carbons (Fsp3) is 0.158. The van der Waals surface area contributed by atoms with Crippen molar-refractivity contribution in [2.45, 2.75) is 5.75 Å². The van der Waals surface area contributed by atoms with Crippen LogP contribution in [0.3, 0.4) is 0 Å². The van der Waals surface area contributed by atoms with Crippen molar-refractivity contribution in [3.8, 4) is 5.75 Å². The highest BCUT2D eigenvalue weighted by Crippen LogP contribution is 2.23. The van der Waals surface area contributed by atoms with Gasteiger partial charge in [0.1, 0.15) is 11.6 Å². The van der Waals surface area contributed by atoms with E-state index >= 15 is 0 Å². The fourth-order valence-electron chi connectivity index (χ4n) is 2.55. The molecule has 1 heterocycles. The van der Waals surface area contributed by atoms with Crippen molar-refractivity contribution in [1.82, 2.24) is 4.98 Å². The number of aromatic amines is 1. The van der Waals surface area contributed by atoms with Gasteiger partial charge < -0.3 is 15.0 Å². The second kappa shape index (κ2) is 8.05. The fourth-order valence-corrected chi connectivity index (χ4v) is 3.29. The summed E-state index contributed by atoms with van der Waals surface area (Å²) in [6, 6.07) is 13.0. The summed E-state index contributed by atoms with van der Waals surface area (Å²) in [5.41, 5.74) is 1.12. The summed E-state index contributed by atoms with van der Waals surface area (Å²) in [7, 11) is 1.54. The normalized spacial score (nSPS) is 10.7. The summed E-state index contributed by atoms with van der Waals surface area (Å²) in [5, 5.41) is 3.09. The SMILES string of the molecule is COc1ccccc1NC(=O)CSCc1cc(=O)c2cccc(F)c2[nH]1. The number of rotatable bonds is 6. The van der Waals surface area contributed by atoms with E-state index in [1.807, 2.05) is 6.07 Å². The molecule has 2 N–H and O–H groups in total. The molecule has 134 valence electrons. The summed E-state index contributed by atoms with van der Waals surface area (Å²) in [4.78, 5) is 27.1. The molecule has 0 aliphatic rings. The van der Waals surface area contributed by atoms with Gasteiger partial charge in [-0.1, -0.05) is 18.2 Å². The molecular weight excluding hydrogens is 355 g/mol. The van der Waals surface area contributed by atoms with E-state index in [0.29, 0.717) is 28.3 Å². The number of hydrogen-bond acceptors (Lipinski definition) is 4. The Morgan fingerprint density at radius 1 is 1.23 bits per heavy atom. The van der Waals surface area contributed by atoms with E-state index in [4.69, 9.17) is 4.74 Å². The number of thioether (sulfide) groups is 1. The lowest BCUT2D eigenvalue weighted by molar-refractivity contribution is -0.113. The first kappa shape index (κ1) is 18.0. The molecule has 0 aliphatic heterocycles. The molecule has 26 heavy (non-hydrogen) atoms. The number of hydrogen-bond donors (Lipinski definition) is 2. The zero-order valence-electron chi connectivity index (χ0n) is 14.0. The van der Waals surface area contributed by atoms with E-state index in [2.05, 4.69) is 10.3 Å². The predicted octanol–water partition coefficient (Wildman–Crippen LogP) is 3.55. The Labute approximate surface area is 153 Å². The number of amides is 1. The number of nitrogens with one attached hydrogen (secondary N) is 2. The van der Waals surface area contributed by atoms with Gasteiger partial charge in [-0.15, -0.1) is 11.8 Å². The molecule has 1 aromatic heterocycles. The van der Waals surface area contributed by atoms with Crippen LogP contribution in [0.5, 0.6) is 5.75 Å². The van der Waals surface area contributed by atoms with Crippen LogP contribution >= 0.6 is 11.8 Å². The molecule has 0 atom stereocenters. The molecule has 0 fully saturated rings. The lowest BCUT2D eigenvalue weighted by Gasteiger charge is -2.09. The molecule has 3 aromatic rings. The maximum atomic E-state index is 13.9. The number of fused-ring (bicyclic) bond motifs is 1. The van der Waals surface area contributed by atoms with Crippen LogP contribution in [0.1, 0.15) is 5.69 Å². The standard InChI is InChI=1S/C19H17FN2O3S/c1-25-17-8-3-2-7-15(17)22-18(24)11-26-10-12-9-16(23)13-5-4-6-14(20)19(13)21-12/h2-9H,10-11H2,1H3,(H,21,23)(H,22,24). The van der Waals surface area contributed by atoms with Crippen LogP contribution < -0.4 is 15.5 Å². The van der Waals surface area contributed by atoms with Crippen LogP contribution in [-0.2, 0) is 10.5 Å². The highest BCUT2D eigenvalue weighted by Gasteiger charge is 2.09. The zero-order chi connectivity index (χ0) is 18.5. The first-order chi connectivity index (χ1) is 12.6. The van der Waals surface area contributed by atoms with Gasteiger partial charge in [0, 0.05) is 22.9 Å². The topological polar surface area (TPSA) is 71.2 Å². The van der Waals surface area contributed by atoms with E-state index in [1.54, 1.807) is 24.3 Å². The van der Waals surface area contributed by atoms with E-state index in [-0.39, 0.29) is 22.6 Å². The lowest BCUT2D eigenvalue weighted by Crippen LogP contribution is -2.15. The Bertz CT molecular complexity index is 1000. The summed E-state index contributed by atoms with van der Waals surface area (Å²) >= 11 is 1.32. The van der Waals surface area contributed by atoms with Crippen LogP contribution in [0.2, 0.25) is 0 Å². The molecule has 1 amide bonds. The Morgan fingerprint density at radius 2 is 2.04 bits per heavy atom. The van der Waals surface area contributed by atoms with Gasteiger partial charge in [0.05, 0.1) is 24.1 Å². The minimum atomic E-state index is -0.472. The second-order valence-electron chi connectivity index (χ2n) is 5.56. The molecule has 5 nitrogen and oxygen atoms in total. The third kappa shape index (κ3) is 4.05. The third-order valence-corrected chi connectivity index (χ3v) is 4.72. The van der Waals surface area contributed by atoms with Gasteiger partial charge in [-0.25, -0.2) is 4.39 Å². The number of para-hydroxylation sites is 3. The van der Waals surface area contributed by atoms with Crippen LogP contribution in [-0.4, -0.2) is 23.8 Å².